The molecule has 3 N–H and O–H groups in total. The molecule has 0 saturated carbocycles. The molecule has 0 aromatic heterocycles. The minimum absolute atomic E-state index is 0.00968. The summed E-state index contributed by atoms with van der Waals surface area (Å²) in [6.07, 6.45) is 0. The fraction of sp³-hybridized carbons (Fsp3) is 0.400. The van der Waals surface area contributed by atoms with Crippen molar-refractivity contribution >= 4 is 43.2 Å². The summed E-state index contributed by atoms with van der Waals surface area (Å²) >= 11 is 8.95. The van der Waals surface area contributed by atoms with Gasteiger partial charge in [0.25, 0.3) is 0 Å². The lowest BCUT2D eigenvalue weighted by molar-refractivity contribution is 0.180. The quantitative estimate of drug-likeness (QED) is 0.790. The monoisotopic (exact) mass is 356 g/mol. The van der Waals surface area contributed by atoms with E-state index in [1.54, 1.807) is 6.92 Å². The molecule has 0 aliphatic carbocycles. The first kappa shape index (κ1) is 15.7. The summed E-state index contributed by atoms with van der Waals surface area (Å²) in [7, 11) is -2.20. The summed E-state index contributed by atoms with van der Waals surface area (Å²) in [4.78, 5) is 0.00968. The van der Waals surface area contributed by atoms with E-state index in [0.717, 1.165) is 0 Å². The molecule has 102 valence electrons. The summed E-state index contributed by atoms with van der Waals surface area (Å²) < 4.78 is 31.9. The summed E-state index contributed by atoms with van der Waals surface area (Å²) in [5, 5.41) is 0.260. The van der Waals surface area contributed by atoms with Gasteiger partial charge in [-0.1, -0.05) is 11.6 Å². The van der Waals surface area contributed by atoms with E-state index in [0.29, 0.717) is 4.47 Å². The number of hydrogen-bond donors (Lipinski definition) is 2. The van der Waals surface area contributed by atoms with Crippen molar-refractivity contribution in [3.05, 3.63) is 21.6 Å². The lowest BCUT2D eigenvalue weighted by atomic mass is 10.3. The first-order valence-corrected chi connectivity index (χ1v) is 7.69. The van der Waals surface area contributed by atoms with Crippen LogP contribution in [0.2, 0.25) is 5.02 Å². The van der Waals surface area contributed by atoms with E-state index >= 15 is 0 Å². The number of benzene rings is 1. The maximum absolute atomic E-state index is 12.1. The van der Waals surface area contributed by atoms with E-state index in [4.69, 9.17) is 22.1 Å². The fourth-order valence-electron chi connectivity index (χ4n) is 1.39. The predicted molar refractivity (Wildman–Crippen MR) is 75.2 cm³/mol. The Labute approximate surface area is 120 Å². The van der Waals surface area contributed by atoms with E-state index in [-0.39, 0.29) is 28.3 Å². The fourth-order valence-corrected chi connectivity index (χ4v) is 3.91. The Bertz CT molecular complexity index is 536. The number of sulfonamides is 1. The topological polar surface area (TPSA) is 81.4 Å². The zero-order valence-electron chi connectivity index (χ0n) is 9.91. The third-order valence-corrected chi connectivity index (χ3v) is 5.07. The van der Waals surface area contributed by atoms with Crippen LogP contribution in [0.25, 0.3) is 0 Å². The van der Waals surface area contributed by atoms with Crippen LogP contribution in [0.5, 0.6) is 0 Å². The van der Waals surface area contributed by atoms with Gasteiger partial charge in [0.1, 0.15) is 0 Å². The van der Waals surface area contributed by atoms with Crippen LogP contribution in [0.3, 0.4) is 0 Å². The van der Waals surface area contributed by atoms with Crippen LogP contribution in [-0.2, 0) is 14.8 Å². The van der Waals surface area contributed by atoms with E-state index in [1.807, 2.05) is 0 Å². The van der Waals surface area contributed by atoms with E-state index in [1.165, 1.54) is 19.2 Å². The molecule has 0 aliphatic rings. The van der Waals surface area contributed by atoms with Crippen molar-refractivity contribution < 1.29 is 13.2 Å². The Balaban J connectivity index is 3.13. The third-order valence-electron chi connectivity index (χ3n) is 2.09. The highest BCUT2D eigenvalue weighted by Crippen LogP contribution is 2.31. The number of rotatable bonds is 5. The van der Waals surface area contributed by atoms with E-state index in [2.05, 4.69) is 20.7 Å². The molecular weight excluding hydrogens is 344 g/mol. The normalized spacial score (nSPS) is 13.6. The lowest BCUT2D eigenvalue weighted by Crippen LogP contribution is -2.35. The van der Waals surface area contributed by atoms with Gasteiger partial charge in [-0.2, -0.15) is 0 Å². The zero-order chi connectivity index (χ0) is 13.9. The maximum Gasteiger partial charge on any atom is 0.242 e. The molecule has 0 bridgehead atoms. The number of hydrogen-bond acceptors (Lipinski definition) is 4. The maximum atomic E-state index is 12.1. The molecule has 0 radical (unpaired) electrons. The molecule has 1 aromatic carbocycles. The number of nitrogen functional groups attached to an aromatic ring is 1. The van der Waals surface area contributed by atoms with Gasteiger partial charge >= 0.3 is 0 Å². The number of nitrogens with one attached hydrogen (secondary N) is 1. The third kappa shape index (κ3) is 3.83. The summed E-state index contributed by atoms with van der Waals surface area (Å²) in [6, 6.07) is 2.46. The molecular formula is C10H14BrClN2O3S. The molecule has 0 fully saturated rings. The van der Waals surface area contributed by atoms with Gasteiger partial charge in [0.15, 0.2) is 0 Å². The number of nitrogens with two attached hydrogens (primary N) is 1. The minimum Gasteiger partial charge on any atom is -0.398 e. The molecule has 1 rings (SSSR count). The van der Waals surface area contributed by atoms with E-state index in [9.17, 15) is 8.42 Å². The van der Waals surface area contributed by atoms with Gasteiger partial charge in [0.05, 0.1) is 16.0 Å². The van der Waals surface area contributed by atoms with Crippen molar-refractivity contribution in [1.82, 2.24) is 4.72 Å². The second-order valence-corrected chi connectivity index (χ2v) is 6.70. The first-order valence-electron chi connectivity index (χ1n) is 5.03. The van der Waals surface area contributed by atoms with Gasteiger partial charge in [-0.25, -0.2) is 13.1 Å². The molecule has 18 heavy (non-hydrogen) atoms. The molecule has 1 unspecified atom stereocenters. The van der Waals surface area contributed by atoms with Crippen molar-refractivity contribution in [1.29, 1.82) is 0 Å². The number of anilines is 1. The van der Waals surface area contributed by atoms with Crippen LogP contribution in [0.4, 0.5) is 5.69 Å². The highest BCUT2D eigenvalue weighted by Gasteiger charge is 2.22. The second-order valence-electron chi connectivity index (χ2n) is 3.78. The summed E-state index contributed by atoms with van der Waals surface area (Å²) in [6.45, 7) is 1.97. The zero-order valence-corrected chi connectivity index (χ0v) is 13.1. The van der Waals surface area contributed by atoms with Crippen LogP contribution in [0.15, 0.2) is 21.5 Å². The van der Waals surface area contributed by atoms with Crippen molar-refractivity contribution in [2.75, 3.05) is 19.5 Å². The van der Waals surface area contributed by atoms with Crippen molar-refractivity contribution in [2.24, 2.45) is 0 Å². The van der Waals surface area contributed by atoms with E-state index < -0.39 is 10.0 Å². The molecule has 1 atom stereocenters. The van der Waals surface area contributed by atoms with Gasteiger partial charge in [0, 0.05) is 23.9 Å². The summed E-state index contributed by atoms with van der Waals surface area (Å²) in [5.74, 6) is 0. The Morgan fingerprint density at radius 1 is 1.56 bits per heavy atom. The Morgan fingerprint density at radius 2 is 2.17 bits per heavy atom. The van der Waals surface area contributed by atoms with Crippen LogP contribution in [0, 0.1) is 0 Å². The number of methoxy groups -OCH3 is 1. The molecule has 8 heteroatoms. The molecule has 0 spiro atoms. The van der Waals surface area contributed by atoms with Gasteiger partial charge in [0.2, 0.25) is 10.0 Å². The van der Waals surface area contributed by atoms with Crippen LogP contribution in [-0.4, -0.2) is 28.2 Å². The second kappa shape index (κ2) is 6.21. The first-order chi connectivity index (χ1) is 8.27. The Kier molecular flexibility index (Phi) is 5.42. The van der Waals surface area contributed by atoms with Crippen molar-refractivity contribution in [3.8, 4) is 0 Å². The predicted octanol–water partition coefficient (Wildman–Crippen LogP) is 2.00. The number of ether oxygens (including phenoxy) is 1. The molecule has 0 heterocycles. The molecule has 1 aromatic rings. The standard InChI is InChI=1S/C10H14BrClN2O3S/c1-6(5-17-2)14-18(15,16)9-4-7(12)3-8(13)10(9)11/h3-4,6,14H,5,13H2,1-2H3. The average molecular weight is 358 g/mol. The Hall–Kier alpha value is -0.340. The molecule has 0 saturated heterocycles. The lowest BCUT2D eigenvalue weighted by Gasteiger charge is -2.15. The minimum atomic E-state index is -3.70. The number of halogens is 2. The molecule has 5 nitrogen and oxygen atoms in total. The average Bonchev–Trinajstić information content (AvgIpc) is 2.22. The Morgan fingerprint density at radius 3 is 2.72 bits per heavy atom. The smallest absolute Gasteiger partial charge is 0.242 e. The van der Waals surface area contributed by atoms with Crippen LogP contribution in [0.1, 0.15) is 6.92 Å². The van der Waals surface area contributed by atoms with Crippen molar-refractivity contribution in [2.45, 2.75) is 17.9 Å². The van der Waals surface area contributed by atoms with Gasteiger partial charge in [-0.3, -0.25) is 0 Å². The molecule has 0 aliphatic heterocycles. The molecule has 0 amide bonds. The van der Waals surface area contributed by atoms with Crippen LogP contribution >= 0.6 is 27.5 Å². The summed E-state index contributed by atoms with van der Waals surface area (Å²) in [5.41, 5.74) is 5.93. The van der Waals surface area contributed by atoms with Crippen LogP contribution < -0.4 is 10.5 Å². The SMILES string of the molecule is COCC(C)NS(=O)(=O)c1cc(Cl)cc(N)c1Br. The van der Waals surface area contributed by atoms with Gasteiger partial charge < -0.3 is 10.5 Å². The largest absolute Gasteiger partial charge is 0.398 e. The van der Waals surface area contributed by atoms with Gasteiger partial charge in [-0.05, 0) is 35.0 Å². The van der Waals surface area contributed by atoms with Crippen molar-refractivity contribution in [3.63, 3.8) is 0 Å². The van der Waals surface area contributed by atoms with Gasteiger partial charge in [-0.15, -0.1) is 0 Å². The highest BCUT2D eigenvalue weighted by atomic mass is 79.9. The highest BCUT2D eigenvalue weighted by molar-refractivity contribution is 9.10.